The fourth-order valence-electron chi connectivity index (χ4n) is 3.92. The predicted octanol–water partition coefficient (Wildman–Crippen LogP) is 2.31. The van der Waals surface area contributed by atoms with Gasteiger partial charge in [0.2, 0.25) is 11.8 Å². The normalized spacial score (nSPS) is 19.4. The lowest BCUT2D eigenvalue weighted by atomic mass is 10.1. The predicted molar refractivity (Wildman–Crippen MR) is 103 cm³/mol. The number of likely N-dealkylation sites (tertiary alicyclic amines) is 1. The number of carbonyl (C=O) groups excluding carboxylic acids is 2. The summed E-state index contributed by atoms with van der Waals surface area (Å²) >= 11 is 0. The highest BCUT2D eigenvalue weighted by atomic mass is 19.1. The highest BCUT2D eigenvalue weighted by Gasteiger charge is 2.24. The van der Waals surface area contributed by atoms with E-state index in [0.29, 0.717) is 38.3 Å². The van der Waals surface area contributed by atoms with Crippen molar-refractivity contribution in [3.05, 3.63) is 35.6 Å². The first kappa shape index (κ1) is 19.8. The first-order valence-corrected chi connectivity index (χ1v) is 10.1. The van der Waals surface area contributed by atoms with Gasteiger partial charge in [-0.25, -0.2) is 4.39 Å². The van der Waals surface area contributed by atoms with Gasteiger partial charge >= 0.3 is 0 Å². The van der Waals surface area contributed by atoms with E-state index in [1.165, 1.54) is 31.7 Å². The van der Waals surface area contributed by atoms with Crippen LogP contribution in [0.3, 0.4) is 0 Å². The van der Waals surface area contributed by atoms with Crippen LogP contribution in [0.5, 0.6) is 0 Å². The largest absolute Gasteiger partial charge is 0.341 e. The van der Waals surface area contributed by atoms with Crippen LogP contribution in [0.4, 0.5) is 4.39 Å². The monoisotopic (exact) mass is 375 g/mol. The molecule has 0 bridgehead atoms. The van der Waals surface area contributed by atoms with Crippen molar-refractivity contribution in [2.24, 2.45) is 0 Å². The second-order valence-electron chi connectivity index (χ2n) is 7.57. The molecule has 2 fully saturated rings. The highest BCUT2D eigenvalue weighted by Crippen LogP contribution is 2.13. The molecular weight excluding hydrogens is 345 g/mol. The van der Waals surface area contributed by atoms with E-state index in [-0.39, 0.29) is 24.1 Å². The fraction of sp³-hybridized carbons (Fsp3) is 0.619. The van der Waals surface area contributed by atoms with Crippen LogP contribution in [-0.2, 0) is 16.0 Å². The van der Waals surface area contributed by atoms with Gasteiger partial charge in [-0.05, 0) is 44.0 Å². The van der Waals surface area contributed by atoms with Crippen molar-refractivity contribution >= 4 is 11.8 Å². The summed E-state index contributed by atoms with van der Waals surface area (Å²) in [5.74, 6) is -0.239. The zero-order valence-electron chi connectivity index (χ0n) is 16.0. The Morgan fingerprint density at radius 3 is 2.07 bits per heavy atom. The molecule has 0 spiro atoms. The van der Waals surface area contributed by atoms with Crippen LogP contribution >= 0.6 is 0 Å². The van der Waals surface area contributed by atoms with Gasteiger partial charge in [0.05, 0.1) is 13.0 Å². The van der Waals surface area contributed by atoms with E-state index in [0.717, 1.165) is 19.5 Å². The molecule has 5 nitrogen and oxygen atoms in total. The van der Waals surface area contributed by atoms with Crippen molar-refractivity contribution in [1.29, 1.82) is 0 Å². The van der Waals surface area contributed by atoms with E-state index in [2.05, 4.69) is 4.90 Å². The van der Waals surface area contributed by atoms with Crippen molar-refractivity contribution in [3.8, 4) is 0 Å². The van der Waals surface area contributed by atoms with Crippen LogP contribution in [0.1, 0.15) is 37.7 Å². The Hall–Kier alpha value is -1.95. The SMILES string of the molecule is O=C(Cc1ccccc1F)N1CCCN(C(=O)CN2CCCCCC2)CC1. The zero-order valence-corrected chi connectivity index (χ0v) is 16.0. The molecule has 0 N–H and O–H groups in total. The topological polar surface area (TPSA) is 43.9 Å². The van der Waals surface area contributed by atoms with E-state index in [4.69, 9.17) is 0 Å². The van der Waals surface area contributed by atoms with Crippen molar-refractivity contribution in [3.63, 3.8) is 0 Å². The molecule has 2 amide bonds. The molecule has 0 aliphatic carbocycles. The quantitative estimate of drug-likeness (QED) is 0.811. The average molecular weight is 375 g/mol. The van der Waals surface area contributed by atoms with Crippen LogP contribution in [0, 0.1) is 5.82 Å². The fourth-order valence-corrected chi connectivity index (χ4v) is 3.92. The maximum absolute atomic E-state index is 13.8. The summed E-state index contributed by atoms with van der Waals surface area (Å²) < 4.78 is 13.8. The Kier molecular flexibility index (Phi) is 7.21. The first-order chi connectivity index (χ1) is 13.1. The van der Waals surface area contributed by atoms with E-state index < -0.39 is 0 Å². The van der Waals surface area contributed by atoms with E-state index in [9.17, 15) is 14.0 Å². The summed E-state index contributed by atoms with van der Waals surface area (Å²) in [4.78, 5) is 31.2. The number of carbonyl (C=O) groups is 2. The zero-order chi connectivity index (χ0) is 19.1. The molecule has 0 atom stereocenters. The van der Waals surface area contributed by atoms with E-state index >= 15 is 0 Å². The maximum atomic E-state index is 13.8. The minimum atomic E-state index is -0.338. The second-order valence-corrected chi connectivity index (χ2v) is 7.57. The first-order valence-electron chi connectivity index (χ1n) is 10.1. The Labute approximate surface area is 161 Å². The number of halogens is 1. The van der Waals surface area contributed by atoms with Gasteiger partial charge in [-0.2, -0.15) is 0 Å². The van der Waals surface area contributed by atoms with Gasteiger partial charge in [0.25, 0.3) is 0 Å². The molecule has 2 aliphatic rings. The minimum Gasteiger partial charge on any atom is -0.341 e. The molecule has 3 rings (SSSR count). The lowest BCUT2D eigenvalue weighted by Crippen LogP contribution is -2.43. The molecule has 2 saturated heterocycles. The highest BCUT2D eigenvalue weighted by molar-refractivity contribution is 5.80. The molecule has 1 aromatic rings. The molecule has 2 aliphatic heterocycles. The lowest BCUT2D eigenvalue weighted by molar-refractivity contribution is -0.134. The Bertz CT molecular complexity index is 644. The van der Waals surface area contributed by atoms with Gasteiger partial charge in [0, 0.05) is 26.2 Å². The molecule has 1 aromatic carbocycles. The molecule has 0 saturated carbocycles. The summed E-state index contributed by atoms with van der Waals surface area (Å²) in [5, 5.41) is 0. The molecule has 0 unspecified atom stereocenters. The summed E-state index contributed by atoms with van der Waals surface area (Å²) in [5.41, 5.74) is 0.431. The van der Waals surface area contributed by atoms with E-state index in [1.54, 1.807) is 23.1 Å². The van der Waals surface area contributed by atoms with Crippen LogP contribution in [0.2, 0.25) is 0 Å². The molecule has 0 radical (unpaired) electrons. The van der Waals surface area contributed by atoms with Crippen LogP contribution in [0.15, 0.2) is 24.3 Å². The molecular formula is C21H30FN3O2. The number of nitrogens with zero attached hydrogens (tertiary/aromatic N) is 3. The van der Waals surface area contributed by atoms with Crippen molar-refractivity contribution in [2.75, 3.05) is 45.8 Å². The Morgan fingerprint density at radius 1 is 0.778 bits per heavy atom. The summed E-state index contributed by atoms with van der Waals surface area (Å²) in [6, 6.07) is 6.41. The lowest BCUT2D eigenvalue weighted by Gasteiger charge is -2.26. The van der Waals surface area contributed by atoms with Gasteiger partial charge in [0.15, 0.2) is 0 Å². The number of benzene rings is 1. The third-order valence-corrected chi connectivity index (χ3v) is 5.56. The van der Waals surface area contributed by atoms with Gasteiger partial charge in [-0.15, -0.1) is 0 Å². The smallest absolute Gasteiger partial charge is 0.236 e. The third kappa shape index (κ3) is 5.76. The molecule has 148 valence electrons. The molecule has 6 heteroatoms. The van der Waals surface area contributed by atoms with Gasteiger partial charge in [-0.1, -0.05) is 31.0 Å². The molecule has 2 heterocycles. The molecule has 27 heavy (non-hydrogen) atoms. The molecule has 0 aromatic heterocycles. The van der Waals surface area contributed by atoms with Crippen molar-refractivity contribution in [1.82, 2.24) is 14.7 Å². The Balaban J connectivity index is 1.50. The van der Waals surface area contributed by atoms with Gasteiger partial charge < -0.3 is 9.80 Å². The maximum Gasteiger partial charge on any atom is 0.236 e. The van der Waals surface area contributed by atoms with Crippen LogP contribution < -0.4 is 0 Å². The Morgan fingerprint density at radius 2 is 1.41 bits per heavy atom. The number of amides is 2. The summed E-state index contributed by atoms with van der Waals surface area (Å²) in [6.07, 6.45) is 5.71. The van der Waals surface area contributed by atoms with Crippen LogP contribution in [-0.4, -0.2) is 72.3 Å². The standard InChI is InChI=1S/C21H30FN3O2/c22-19-9-4-3-8-18(19)16-20(26)24-12-7-13-25(15-14-24)21(27)17-23-10-5-1-2-6-11-23/h3-4,8-9H,1-2,5-7,10-17H2. The number of hydrogen-bond donors (Lipinski definition) is 0. The number of rotatable bonds is 4. The van der Waals surface area contributed by atoms with Crippen molar-refractivity contribution < 1.29 is 14.0 Å². The summed E-state index contributed by atoms with van der Waals surface area (Å²) in [7, 11) is 0. The second kappa shape index (κ2) is 9.83. The average Bonchev–Trinajstić information content (AvgIpc) is 3.06. The number of hydrogen-bond acceptors (Lipinski definition) is 3. The minimum absolute atomic E-state index is 0.0677. The van der Waals surface area contributed by atoms with Crippen LogP contribution in [0.25, 0.3) is 0 Å². The van der Waals surface area contributed by atoms with E-state index in [1.807, 2.05) is 4.90 Å². The summed E-state index contributed by atoms with van der Waals surface area (Å²) in [6.45, 7) is 4.91. The van der Waals surface area contributed by atoms with Gasteiger partial charge in [0.1, 0.15) is 5.82 Å². The third-order valence-electron chi connectivity index (χ3n) is 5.56. The van der Waals surface area contributed by atoms with Gasteiger partial charge in [-0.3, -0.25) is 14.5 Å². The van der Waals surface area contributed by atoms with Crippen molar-refractivity contribution in [2.45, 2.75) is 38.5 Å².